The van der Waals surface area contributed by atoms with E-state index in [-0.39, 0.29) is 0 Å². The Morgan fingerprint density at radius 3 is 2.32 bits per heavy atom. The lowest BCUT2D eigenvalue weighted by atomic mass is 10.1. The van der Waals surface area contributed by atoms with Crippen molar-refractivity contribution in [2.45, 2.75) is 0 Å². The first-order valence-corrected chi connectivity index (χ1v) is 9.24. The van der Waals surface area contributed by atoms with Crippen molar-refractivity contribution in [1.82, 2.24) is 0 Å². The van der Waals surface area contributed by atoms with Gasteiger partial charge >= 0.3 is 11.9 Å². The Kier molecular flexibility index (Phi) is 6.18. The van der Waals surface area contributed by atoms with E-state index in [0.717, 1.165) is 11.1 Å². The van der Waals surface area contributed by atoms with Gasteiger partial charge in [-0.3, -0.25) is 4.79 Å². The number of carbonyl (C=O) groups is 3. The largest absolute Gasteiger partial charge is 0.465 e. The van der Waals surface area contributed by atoms with Gasteiger partial charge in [0.15, 0.2) is 6.61 Å². The fraction of sp³-hybridized carbons (Fsp3) is 0.0952. The number of nitrogens with one attached hydrogen (secondary N) is 1. The minimum Gasteiger partial charge on any atom is -0.465 e. The Hall–Kier alpha value is -3.45. The fourth-order valence-electron chi connectivity index (χ4n) is 2.51. The number of hydrogen-bond acceptors (Lipinski definition) is 6. The van der Waals surface area contributed by atoms with Gasteiger partial charge in [-0.1, -0.05) is 30.3 Å². The van der Waals surface area contributed by atoms with Crippen molar-refractivity contribution >= 4 is 34.9 Å². The highest BCUT2D eigenvalue weighted by atomic mass is 32.1. The third-order valence-electron chi connectivity index (χ3n) is 3.86. The van der Waals surface area contributed by atoms with Crippen molar-refractivity contribution in [2.24, 2.45) is 0 Å². The third-order valence-corrected chi connectivity index (χ3v) is 4.75. The summed E-state index contributed by atoms with van der Waals surface area (Å²) in [6.07, 6.45) is 0. The first kappa shape index (κ1) is 19.3. The molecule has 1 heterocycles. The summed E-state index contributed by atoms with van der Waals surface area (Å²) in [7, 11) is 1.29. The van der Waals surface area contributed by atoms with Gasteiger partial charge in [0.25, 0.3) is 5.91 Å². The second-order valence-electron chi connectivity index (χ2n) is 5.72. The zero-order chi connectivity index (χ0) is 19.9. The Bertz CT molecular complexity index is 980. The molecule has 3 aromatic rings. The van der Waals surface area contributed by atoms with Crippen LogP contribution in [0.3, 0.4) is 0 Å². The lowest BCUT2D eigenvalue weighted by Gasteiger charge is -2.08. The Balaban J connectivity index is 1.57. The van der Waals surface area contributed by atoms with E-state index in [1.807, 2.05) is 41.8 Å². The number of rotatable bonds is 6. The molecule has 0 radical (unpaired) electrons. The number of anilines is 1. The van der Waals surface area contributed by atoms with Gasteiger partial charge in [0.2, 0.25) is 0 Å². The van der Waals surface area contributed by atoms with Gasteiger partial charge in [0, 0.05) is 11.3 Å². The van der Waals surface area contributed by atoms with E-state index in [0.29, 0.717) is 16.1 Å². The lowest BCUT2D eigenvalue weighted by Crippen LogP contribution is -2.20. The van der Waals surface area contributed by atoms with Crippen molar-refractivity contribution in [1.29, 1.82) is 0 Å². The van der Waals surface area contributed by atoms with E-state index < -0.39 is 24.5 Å². The number of thiophene rings is 1. The molecular weight excluding hydrogens is 378 g/mol. The van der Waals surface area contributed by atoms with E-state index in [9.17, 15) is 14.4 Å². The molecule has 3 rings (SSSR count). The molecule has 142 valence electrons. The van der Waals surface area contributed by atoms with Crippen LogP contribution in [0.5, 0.6) is 0 Å². The highest BCUT2D eigenvalue weighted by molar-refractivity contribution is 7.12. The summed E-state index contributed by atoms with van der Waals surface area (Å²) < 4.78 is 9.76. The Morgan fingerprint density at radius 2 is 1.64 bits per heavy atom. The summed E-state index contributed by atoms with van der Waals surface area (Å²) in [4.78, 5) is 36.3. The van der Waals surface area contributed by atoms with E-state index in [2.05, 4.69) is 10.1 Å². The number of methoxy groups -OCH3 is 1. The number of ether oxygens (including phenoxy) is 2. The van der Waals surface area contributed by atoms with Crippen molar-refractivity contribution < 1.29 is 23.9 Å². The van der Waals surface area contributed by atoms with Gasteiger partial charge in [0.05, 0.1) is 12.7 Å². The maximum absolute atomic E-state index is 12.4. The molecule has 0 saturated heterocycles. The van der Waals surface area contributed by atoms with Gasteiger partial charge in [-0.2, -0.15) is 0 Å². The molecule has 0 bridgehead atoms. The number of carbonyl (C=O) groups excluding carboxylic acids is 3. The summed E-state index contributed by atoms with van der Waals surface area (Å²) >= 11 is 1.26. The van der Waals surface area contributed by atoms with Crippen LogP contribution >= 0.6 is 11.3 Å². The zero-order valence-corrected chi connectivity index (χ0v) is 15.8. The fourth-order valence-corrected chi connectivity index (χ4v) is 3.32. The van der Waals surface area contributed by atoms with Gasteiger partial charge in [-0.05, 0) is 41.3 Å². The van der Waals surface area contributed by atoms with Crippen LogP contribution in [0.15, 0.2) is 66.0 Å². The predicted octanol–water partition coefficient (Wildman–Crippen LogP) is 4.00. The molecule has 0 spiro atoms. The van der Waals surface area contributed by atoms with Crippen LogP contribution in [0.25, 0.3) is 11.1 Å². The van der Waals surface area contributed by atoms with Gasteiger partial charge in [-0.25, -0.2) is 9.59 Å². The summed E-state index contributed by atoms with van der Waals surface area (Å²) in [5.41, 5.74) is 2.54. The van der Waals surface area contributed by atoms with Crippen molar-refractivity contribution in [3.8, 4) is 11.1 Å². The summed E-state index contributed by atoms with van der Waals surface area (Å²) in [5, 5.41) is 4.42. The quantitative estimate of drug-likeness (QED) is 0.638. The van der Waals surface area contributed by atoms with Crippen LogP contribution in [-0.2, 0) is 14.3 Å². The van der Waals surface area contributed by atoms with Gasteiger partial charge in [0.1, 0.15) is 4.88 Å². The van der Waals surface area contributed by atoms with Crippen LogP contribution in [0, 0.1) is 0 Å². The second kappa shape index (κ2) is 8.96. The van der Waals surface area contributed by atoms with Crippen LogP contribution in [0.1, 0.15) is 20.0 Å². The number of esters is 2. The van der Waals surface area contributed by atoms with Crippen molar-refractivity contribution in [3.63, 3.8) is 0 Å². The van der Waals surface area contributed by atoms with Crippen molar-refractivity contribution in [3.05, 3.63) is 76.5 Å². The first-order valence-electron chi connectivity index (χ1n) is 8.36. The molecule has 0 aliphatic rings. The normalized spacial score (nSPS) is 10.2. The maximum Gasteiger partial charge on any atom is 0.349 e. The third kappa shape index (κ3) is 4.63. The minimum atomic E-state index is -0.551. The maximum atomic E-state index is 12.4. The Labute approximate surface area is 165 Å². The van der Waals surface area contributed by atoms with Crippen LogP contribution in [-0.4, -0.2) is 31.6 Å². The highest BCUT2D eigenvalue weighted by Gasteiger charge is 2.17. The molecular formula is C21H17NO5S. The molecule has 1 amide bonds. The summed E-state index contributed by atoms with van der Waals surface area (Å²) in [6.45, 7) is -0.413. The molecule has 0 aliphatic heterocycles. The predicted molar refractivity (Wildman–Crippen MR) is 106 cm³/mol. The molecule has 0 aliphatic carbocycles. The molecule has 1 aromatic heterocycles. The van der Waals surface area contributed by atoms with Crippen molar-refractivity contribution in [2.75, 3.05) is 19.0 Å². The zero-order valence-electron chi connectivity index (χ0n) is 15.0. The molecule has 7 heteroatoms. The topological polar surface area (TPSA) is 81.7 Å². The Morgan fingerprint density at radius 1 is 0.929 bits per heavy atom. The van der Waals surface area contributed by atoms with Crippen LogP contribution < -0.4 is 5.32 Å². The molecule has 6 nitrogen and oxygen atoms in total. The number of hydrogen-bond donors (Lipinski definition) is 1. The smallest absolute Gasteiger partial charge is 0.349 e. The summed E-state index contributed by atoms with van der Waals surface area (Å²) in [6, 6.07) is 17.5. The second-order valence-corrected chi connectivity index (χ2v) is 6.64. The van der Waals surface area contributed by atoms with E-state index in [1.165, 1.54) is 30.6 Å². The molecule has 28 heavy (non-hydrogen) atoms. The number of amides is 1. The van der Waals surface area contributed by atoms with E-state index in [4.69, 9.17) is 4.74 Å². The average molecular weight is 395 g/mol. The highest BCUT2D eigenvalue weighted by Crippen LogP contribution is 2.28. The average Bonchev–Trinajstić information content (AvgIpc) is 3.22. The van der Waals surface area contributed by atoms with E-state index >= 15 is 0 Å². The molecule has 1 N–H and O–H groups in total. The standard InChI is InChI=1S/C21H17NO5S/c1-26-20(24)15-7-9-16(10-8-15)22-18(23)13-27-21(25)19-17(11-12-28-19)14-5-3-2-4-6-14/h2-12H,13H2,1H3,(H,22,23). The van der Waals surface area contributed by atoms with Crippen LogP contribution in [0.2, 0.25) is 0 Å². The molecule has 0 saturated carbocycles. The molecule has 0 unspecified atom stereocenters. The first-order chi connectivity index (χ1) is 13.6. The monoisotopic (exact) mass is 395 g/mol. The number of benzene rings is 2. The lowest BCUT2D eigenvalue weighted by molar-refractivity contribution is -0.119. The van der Waals surface area contributed by atoms with E-state index in [1.54, 1.807) is 12.1 Å². The summed E-state index contributed by atoms with van der Waals surface area (Å²) in [5.74, 6) is -1.49. The SMILES string of the molecule is COC(=O)c1ccc(NC(=O)COC(=O)c2sccc2-c2ccccc2)cc1. The van der Waals surface area contributed by atoms with Gasteiger partial charge < -0.3 is 14.8 Å². The van der Waals surface area contributed by atoms with Crippen LogP contribution in [0.4, 0.5) is 5.69 Å². The molecule has 2 aromatic carbocycles. The molecule has 0 atom stereocenters. The minimum absolute atomic E-state index is 0.373. The molecule has 0 fully saturated rings. The van der Waals surface area contributed by atoms with Gasteiger partial charge in [-0.15, -0.1) is 11.3 Å².